The van der Waals surface area contributed by atoms with E-state index in [0.29, 0.717) is 40.1 Å². The summed E-state index contributed by atoms with van der Waals surface area (Å²) in [7, 11) is -2.44. The Bertz CT molecular complexity index is 3350. The van der Waals surface area contributed by atoms with Crippen molar-refractivity contribution in [2.75, 3.05) is 43.4 Å². The highest BCUT2D eigenvalue weighted by molar-refractivity contribution is 14.1. The van der Waals surface area contributed by atoms with Crippen LogP contribution in [-0.2, 0) is 19.9 Å². The molecule has 10 N–H and O–H groups in total. The molecule has 0 radical (unpaired) electrons. The molecular weight excluding hydrogens is 1440 g/mol. The number of carboxylic acid groups (broad SMARTS) is 4. The Kier molecular flexibility index (Phi) is 31.3. The molecule has 440 valence electrons. The minimum absolute atomic E-state index is 0.0306. The van der Waals surface area contributed by atoms with E-state index in [1.54, 1.807) is 65.1 Å². The first kappa shape index (κ1) is 70.8. The monoisotopic (exact) mass is 1500 g/mol. The first-order chi connectivity index (χ1) is 39.0. The summed E-state index contributed by atoms with van der Waals surface area (Å²) in [4.78, 5) is 87.3. The second-order valence-electron chi connectivity index (χ2n) is 16.0. The summed E-state index contributed by atoms with van der Waals surface area (Å²) in [6, 6.07) is 31.4. The third kappa shape index (κ3) is 23.7. The van der Waals surface area contributed by atoms with Gasteiger partial charge in [-0.2, -0.15) is 8.42 Å². The van der Waals surface area contributed by atoms with E-state index in [-0.39, 0.29) is 56.9 Å². The number of carbonyl (C=O) groups is 6. The van der Waals surface area contributed by atoms with Crippen LogP contribution in [0, 0.1) is 27.4 Å². The third-order valence-corrected chi connectivity index (χ3v) is 12.8. The van der Waals surface area contributed by atoms with Gasteiger partial charge in [0.15, 0.2) is 0 Å². The zero-order valence-corrected chi connectivity index (χ0v) is 50.9. The fraction of sp³-hybridized carbons (Fsp3) is 0.208. The van der Waals surface area contributed by atoms with Gasteiger partial charge >= 0.3 is 40.2 Å². The number of anilines is 2. The fourth-order valence-electron chi connectivity index (χ4n) is 7.15. The quantitative estimate of drug-likeness (QED) is 0.0123. The van der Waals surface area contributed by atoms with Crippen LogP contribution in [0.15, 0.2) is 121 Å². The van der Waals surface area contributed by atoms with Crippen LogP contribution < -0.4 is 11.1 Å². The van der Waals surface area contributed by atoms with Crippen molar-refractivity contribution in [3.63, 3.8) is 0 Å². The Hall–Kier alpha value is -7.28. The van der Waals surface area contributed by atoms with E-state index in [1.807, 2.05) is 77.2 Å². The standard InChI is InChI=1S/C16H15NO4.C16H13NO3.C8H6INO4.C7H4INO4.C4H8O.CH3I.CH4O.H2O4S/c1-9(11-4-2-3-5-13(11)16(20)21)12-7-6-10(15(18)19)8-14(12)17;1-9-11-4-2-3-5-13(11)15(18)17-14-8-10(16(19)20)6-7-12(9)14;1-14-8(11)5-2-3-6(9)7(4-5)10(12)13;8-5-2-1-4(7(10)11)3-6(5)9(12)13;1-2-4-5-3-1;2*1-2;1-5(2,3)4/h2-9H,17H2,1H3,(H,18,19)(H,20,21);2-9H,1H3,(H,17,18)(H,19,20);2-4H,1H3;1-3H,(H,10,11);1-4H2;1H3;2H,1H3;(H2,1,2,3,4)/i;;;;;1D;;. The smallest absolute Gasteiger partial charge is 0.394 e. The number of nitro groups is 2. The summed E-state index contributed by atoms with van der Waals surface area (Å²) >= 11 is 5.57. The van der Waals surface area contributed by atoms with E-state index in [1.165, 1.54) is 74.5 Å². The number of ether oxygens (including phenoxy) is 2. The van der Waals surface area contributed by atoms with Crippen molar-refractivity contribution >= 4 is 137 Å². The van der Waals surface area contributed by atoms with Gasteiger partial charge in [-0.25, -0.2) is 24.0 Å². The van der Waals surface area contributed by atoms with Crippen molar-refractivity contribution in [1.82, 2.24) is 0 Å². The van der Waals surface area contributed by atoms with Crippen LogP contribution in [0.25, 0.3) is 0 Å². The lowest BCUT2D eigenvalue weighted by Gasteiger charge is -2.17. The number of hydrogen-bond acceptors (Lipinski definition) is 16. The molecule has 82 heavy (non-hydrogen) atoms. The normalized spacial score (nSPS) is 12.7. The van der Waals surface area contributed by atoms with Crippen molar-refractivity contribution in [3.05, 3.63) is 204 Å². The lowest BCUT2D eigenvalue weighted by Crippen LogP contribution is -2.12. The van der Waals surface area contributed by atoms with Crippen LogP contribution in [0.5, 0.6) is 0 Å². The van der Waals surface area contributed by atoms with E-state index in [2.05, 4.69) is 10.1 Å². The first-order valence-electron chi connectivity index (χ1n) is 23.7. The number of nitrogens with one attached hydrogen (secondary N) is 1. The number of benzene rings is 6. The van der Waals surface area contributed by atoms with Gasteiger partial charge in [0.1, 0.15) is 0 Å². The largest absolute Gasteiger partial charge is 0.478 e. The molecule has 0 spiro atoms. The predicted molar refractivity (Wildman–Crippen MR) is 326 cm³/mol. The van der Waals surface area contributed by atoms with Crippen molar-refractivity contribution in [3.8, 4) is 0 Å². The molecule has 2 unspecified atom stereocenters. The van der Waals surface area contributed by atoms with Crippen LogP contribution in [0.4, 0.5) is 22.7 Å². The number of hydrogen-bond donors (Lipinski definition) is 9. The number of nitrogens with two attached hydrogens (primary N) is 1. The molecule has 0 bridgehead atoms. The number of nitro benzene ring substituents is 2. The van der Waals surface area contributed by atoms with Gasteiger partial charge in [-0.1, -0.05) is 85.0 Å². The van der Waals surface area contributed by atoms with Crippen molar-refractivity contribution in [2.24, 2.45) is 0 Å². The number of rotatable bonds is 9. The summed E-state index contributed by atoms with van der Waals surface area (Å²) in [5.74, 6) is -5.22. The first-order valence-corrected chi connectivity index (χ1v) is 28.1. The average Bonchev–Trinajstić information content (AvgIpc) is 4.26. The number of esters is 1. The Morgan fingerprint density at radius 2 is 1.15 bits per heavy atom. The molecule has 2 heterocycles. The summed E-state index contributed by atoms with van der Waals surface area (Å²) in [5.41, 5.74) is 11.0. The number of amides is 1. The number of aliphatic hydroxyl groups excluding tert-OH is 1. The van der Waals surface area contributed by atoms with Gasteiger partial charge in [-0.3, -0.25) is 34.1 Å². The van der Waals surface area contributed by atoms with Crippen LogP contribution in [-0.4, -0.2) is 121 Å². The van der Waals surface area contributed by atoms with E-state index >= 15 is 0 Å². The van der Waals surface area contributed by atoms with Crippen LogP contribution in [0.2, 0.25) is 0 Å². The molecule has 1 amide bonds. The van der Waals surface area contributed by atoms with Gasteiger partial charge < -0.3 is 46.1 Å². The number of carbonyl (C=O) groups excluding carboxylic acids is 2. The van der Waals surface area contributed by atoms with Gasteiger partial charge in [0.25, 0.3) is 17.3 Å². The summed E-state index contributed by atoms with van der Waals surface area (Å²) in [6.07, 6.45) is 2.56. The second-order valence-corrected chi connectivity index (χ2v) is 19.3. The molecule has 2 atom stereocenters. The third-order valence-electron chi connectivity index (χ3n) is 10.9. The number of nitrogen functional groups attached to an aromatic ring is 1. The Balaban J connectivity index is 0.000000517. The number of methoxy groups -OCH3 is 1. The number of aliphatic hydroxyl groups is 1. The van der Waals surface area contributed by atoms with E-state index < -0.39 is 50.1 Å². The Labute approximate surface area is 511 Å². The van der Waals surface area contributed by atoms with Gasteiger partial charge in [0.2, 0.25) is 0 Å². The van der Waals surface area contributed by atoms with Crippen molar-refractivity contribution in [1.29, 1.82) is 0 Å². The molecule has 6 aromatic carbocycles. The SMILES string of the molecule is C1CCOC1.CC(c1ccc(C(=O)O)cc1N)c1ccccc1C(=O)O.CC1c2ccc(C(=O)O)cc2NC(=O)c2ccccc21.CO.COC(=O)c1ccc(I)c([N+](=O)[O-])c1.O=C(O)c1ccc(I)c([N+](=O)[O-])c1.O=S(=O)(O)O.[2H]CI. The second kappa shape index (κ2) is 36.2. The average molecular weight is 1500 g/mol. The zero-order valence-electron chi connectivity index (χ0n) is 44.6. The highest BCUT2D eigenvalue weighted by Crippen LogP contribution is 2.36. The molecule has 29 heteroatoms. The Morgan fingerprint density at radius 3 is 1.61 bits per heavy atom. The Morgan fingerprint density at radius 1 is 0.707 bits per heavy atom. The highest BCUT2D eigenvalue weighted by atomic mass is 127. The van der Waals surface area contributed by atoms with E-state index in [9.17, 15) is 54.1 Å². The van der Waals surface area contributed by atoms with Crippen LogP contribution in [0.3, 0.4) is 0 Å². The van der Waals surface area contributed by atoms with Crippen molar-refractivity contribution in [2.45, 2.75) is 38.5 Å². The maximum atomic E-state index is 12.2. The predicted octanol–water partition coefficient (Wildman–Crippen LogP) is 10.6. The summed E-state index contributed by atoms with van der Waals surface area (Å²) in [6.45, 7) is 5.85. The lowest BCUT2D eigenvalue weighted by molar-refractivity contribution is -0.386. The molecule has 8 rings (SSSR count). The lowest BCUT2D eigenvalue weighted by atomic mass is 9.88. The zero-order chi connectivity index (χ0) is 63.3. The number of carboxylic acids is 4. The van der Waals surface area contributed by atoms with E-state index in [4.69, 9.17) is 49.8 Å². The van der Waals surface area contributed by atoms with Crippen LogP contribution >= 0.6 is 67.8 Å². The molecule has 1 saturated heterocycles. The van der Waals surface area contributed by atoms with Gasteiger partial charge in [-0.05, 0) is 146 Å². The van der Waals surface area contributed by atoms with Gasteiger partial charge in [0, 0.05) is 62.6 Å². The maximum Gasteiger partial charge on any atom is 0.394 e. The molecule has 6 aromatic rings. The molecule has 1 fully saturated rings. The molecule has 0 saturated carbocycles. The summed E-state index contributed by atoms with van der Waals surface area (Å²) < 4.78 is 48.1. The number of halogens is 3. The number of aromatic carboxylic acids is 4. The summed E-state index contributed by atoms with van der Waals surface area (Å²) in [5, 5.41) is 66.5. The minimum Gasteiger partial charge on any atom is -0.478 e. The number of alkyl halides is 1. The van der Waals surface area contributed by atoms with Gasteiger partial charge in [0.05, 0.1) is 51.9 Å². The molecule has 2 aliphatic rings. The number of fused-ring (bicyclic) bond motifs is 2. The number of nitrogens with zero attached hydrogens (tertiary/aromatic N) is 2. The highest BCUT2D eigenvalue weighted by Gasteiger charge is 2.25. The van der Waals surface area contributed by atoms with Crippen molar-refractivity contribution < 1.29 is 92.5 Å². The topological polar surface area (TPSA) is 421 Å². The van der Waals surface area contributed by atoms with E-state index in [0.717, 1.165) is 37.5 Å². The van der Waals surface area contributed by atoms with Crippen LogP contribution in [0.1, 0.15) is 124 Å². The minimum atomic E-state index is -4.67. The molecule has 0 aliphatic carbocycles. The molecule has 0 aromatic heterocycles. The molecule has 2 aliphatic heterocycles. The molecule has 25 nitrogen and oxygen atoms in total. The molecular formula is C53H55I3N4O21S. The van der Waals surface area contributed by atoms with Gasteiger partial charge in [-0.15, -0.1) is 0 Å². The fourth-order valence-corrected chi connectivity index (χ4v) is 8.21. The maximum absolute atomic E-state index is 12.2.